The van der Waals surface area contributed by atoms with Gasteiger partial charge in [0.05, 0.1) is 0 Å². The normalized spacial score (nSPS) is 8.47. The first kappa shape index (κ1) is 30.6. The van der Waals surface area contributed by atoms with E-state index in [1.165, 1.54) is 0 Å². The zero-order chi connectivity index (χ0) is 14.3. The minimum Gasteiger partial charge on any atom is -0.412 e. The van der Waals surface area contributed by atoms with Crippen LogP contribution in [0.1, 0.15) is 0 Å². The molecular weight excluding hydrogens is 350 g/mol. The van der Waals surface area contributed by atoms with Gasteiger partial charge in [-0.3, -0.25) is 0 Å². The topological polar surface area (TPSA) is 297 Å². The number of halogens is 4. The van der Waals surface area contributed by atoms with Gasteiger partial charge >= 0.3 is 0 Å². The Morgan fingerprint density at radius 2 is 0.412 bits per heavy atom. The fourth-order valence-corrected chi connectivity index (χ4v) is 0. The van der Waals surface area contributed by atoms with Gasteiger partial charge in [-0.1, -0.05) is 0 Å². The molecule has 112 valence electrons. The Labute approximate surface area is 105 Å². The van der Waals surface area contributed by atoms with Crippen LogP contribution in [0.4, 0.5) is 0 Å². The van der Waals surface area contributed by atoms with Crippen LogP contribution in [0, 0.1) is 43.1 Å². The zero-order valence-corrected chi connectivity index (χ0v) is 10.1. The fourth-order valence-electron chi connectivity index (χ4n) is 0. The maximum Gasteiger partial charge on any atom is 0.282 e. The molecule has 0 heterocycles. The van der Waals surface area contributed by atoms with Crippen molar-refractivity contribution in [3.8, 4) is 0 Å². The van der Waals surface area contributed by atoms with Crippen LogP contribution in [-0.4, -0.2) is 24.1 Å². The summed E-state index contributed by atoms with van der Waals surface area (Å²) in [6.45, 7) is 0. The van der Waals surface area contributed by atoms with E-state index in [9.17, 15) is 0 Å². The molecule has 0 atom stereocenters. The first-order chi connectivity index (χ1) is 6.93. The maximum atomic E-state index is 8.52. The van der Waals surface area contributed by atoms with Crippen LogP contribution in [0.3, 0.4) is 0 Å². The Kier molecular flexibility index (Phi) is 45.8. The van der Waals surface area contributed by atoms with Crippen LogP contribution in [0.15, 0.2) is 0 Å². The summed E-state index contributed by atoms with van der Waals surface area (Å²) in [5.74, 6) is 0. The quantitative estimate of drug-likeness (QED) is 0.314. The van der Waals surface area contributed by atoms with Crippen molar-refractivity contribution in [3.63, 3.8) is 0 Å². The minimum absolute atomic E-state index is 0. The molecule has 0 unspecified atom stereocenters. The largest absolute Gasteiger partial charge is 0.412 e. The molecule has 0 spiro atoms. The van der Waals surface area contributed by atoms with Crippen molar-refractivity contribution in [3.05, 3.63) is 0 Å². The third-order valence-corrected chi connectivity index (χ3v) is 0. The molecular formula is H6Cl4O13. The van der Waals surface area contributed by atoms with E-state index < -0.39 is 43.1 Å². The lowest BCUT2D eigenvalue weighted by atomic mass is 15.8. The van der Waals surface area contributed by atoms with Gasteiger partial charge in [0.25, 0.3) is 43.1 Å². The molecule has 0 aromatic rings. The van der Waals surface area contributed by atoms with Gasteiger partial charge in [0.2, 0.25) is 0 Å². The predicted molar refractivity (Wildman–Crippen MR) is 12.5 cm³/mol. The smallest absolute Gasteiger partial charge is 0.282 e. The summed E-state index contributed by atoms with van der Waals surface area (Å²) in [6, 6.07) is 0. The zero-order valence-electron chi connectivity index (χ0n) is 7.07. The molecule has 0 saturated heterocycles. The molecule has 0 aliphatic heterocycles. The second-order valence-corrected chi connectivity index (χ2v) is 2.41. The summed E-state index contributed by atoms with van der Waals surface area (Å²) in [4.78, 5) is 0. The lowest BCUT2D eigenvalue weighted by Crippen LogP contribution is -2.30. The van der Waals surface area contributed by atoms with Crippen LogP contribution < -0.4 is 37.3 Å². The van der Waals surface area contributed by atoms with E-state index in [4.69, 9.17) is 55.9 Å². The molecule has 0 fully saturated rings. The highest BCUT2D eigenvalue weighted by Gasteiger charge is 1.80. The van der Waals surface area contributed by atoms with Gasteiger partial charge in [0.15, 0.2) is 0 Å². The van der Waals surface area contributed by atoms with Crippen molar-refractivity contribution in [1.82, 2.24) is 0 Å². The molecule has 0 amide bonds. The lowest BCUT2D eigenvalue weighted by molar-refractivity contribution is -1.63. The van der Waals surface area contributed by atoms with E-state index in [1.54, 1.807) is 0 Å². The Balaban J connectivity index is -0.0000000369. The van der Waals surface area contributed by atoms with Gasteiger partial charge < -0.3 is 42.7 Å². The summed E-state index contributed by atoms with van der Waals surface area (Å²) in [6.07, 6.45) is 0. The Hall–Kier alpha value is 0.640. The monoisotopic (exact) mass is 354 g/mol. The fraction of sp³-hybridized carbons (Fsp3) is 0. The Morgan fingerprint density at radius 3 is 0.412 bits per heavy atom. The first-order valence-corrected chi connectivity index (χ1v) is 5.73. The summed E-state index contributed by atoms with van der Waals surface area (Å²) in [7, 11) is -10.4. The summed E-state index contributed by atoms with van der Waals surface area (Å²) in [5.41, 5.74) is 0. The highest BCUT2D eigenvalue weighted by molar-refractivity contribution is 1.95. The van der Waals surface area contributed by atoms with E-state index in [-0.39, 0.29) is 5.48 Å². The van der Waals surface area contributed by atoms with E-state index in [2.05, 4.69) is 0 Å². The van der Waals surface area contributed by atoms with E-state index in [1.807, 2.05) is 0 Å². The highest BCUT2D eigenvalue weighted by atomic mass is 35.6. The number of rotatable bonds is 0. The molecule has 13 nitrogen and oxygen atoms in total. The minimum atomic E-state index is -2.60. The maximum absolute atomic E-state index is 8.52. The van der Waals surface area contributed by atoms with Crippen LogP contribution >= 0.6 is 0 Å². The first-order valence-electron chi connectivity index (χ1n) is 1.91. The van der Waals surface area contributed by atoms with E-state index >= 15 is 0 Å². The average Bonchev–Trinajstić information content (AvgIpc) is 1.76. The molecule has 17 heavy (non-hydrogen) atoms. The molecule has 0 radical (unpaired) electrons. The molecule has 0 aliphatic carbocycles. The van der Waals surface area contributed by atoms with Gasteiger partial charge in [0.1, 0.15) is 0 Å². The molecule has 0 aromatic carbocycles. The SMILES string of the molecule is O.[O-][Cl+2]([O-])O.[O-][Cl+2]([O-])O.[O-][Cl+2]([O-])O.[O-][Cl+2]([O-])O. The molecule has 0 aromatic heterocycles. The van der Waals surface area contributed by atoms with Crippen molar-refractivity contribution >= 4 is 0 Å². The van der Waals surface area contributed by atoms with Gasteiger partial charge in [-0.05, 0) is 0 Å². The van der Waals surface area contributed by atoms with Crippen LogP contribution in [-0.2, 0) is 0 Å². The van der Waals surface area contributed by atoms with Crippen molar-refractivity contribution in [1.29, 1.82) is 0 Å². The van der Waals surface area contributed by atoms with E-state index in [0.29, 0.717) is 0 Å². The van der Waals surface area contributed by atoms with Crippen LogP contribution in [0.2, 0.25) is 0 Å². The van der Waals surface area contributed by atoms with Crippen molar-refractivity contribution < 1.29 is 105 Å². The molecule has 6 N–H and O–H groups in total. The second kappa shape index (κ2) is 25.5. The number of hydrogen-bond donors (Lipinski definition) is 4. The summed E-state index contributed by atoms with van der Waals surface area (Å²) >= 11 is 0. The molecule has 0 rings (SSSR count). The predicted octanol–water partition coefficient (Wildman–Crippen LogP) is -12.6. The second-order valence-electron chi connectivity index (χ2n) is 0.804. The van der Waals surface area contributed by atoms with Crippen LogP contribution in [0.25, 0.3) is 0 Å². The summed E-state index contributed by atoms with van der Waals surface area (Å²) in [5, 5.41) is 0. The molecule has 0 bridgehead atoms. The van der Waals surface area contributed by atoms with Gasteiger partial charge in [-0.15, -0.1) is 0 Å². The van der Waals surface area contributed by atoms with Gasteiger partial charge in [0, 0.05) is 18.6 Å². The third kappa shape index (κ3) is 8710. The van der Waals surface area contributed by atoms with E-state index in [0.717, 1.165) is 0 Å². The number of hydrogen-bond acceptors (Lipinski definition) is 12. The van der Waals surface area contributed by atoms with Gasteiger partial charge in [-0.2, -0.15) is 0 Å². The molecule has 0 aliphatic rings. The standard InChI is InChI=1S/4ClHO3.H2O/c4*2-1(3)4;/h4*2H;1H2. The third-order valence-electron chi connectivity index (χ3n) is 0. The Morgan fingerprint density at radius 1 is 0.412 bits per heavy atom. The Bertz CT molecular complexity index is 56.4. The van der Waals surface area contributed by atoms with Crippen molar-refractivity contribution in [2.24, 2.45) is 0 Å². The summed E-state index contributed by atoms with van der Waals surface area (Å²) < 4.78 is 95.9. The lowest BCUT2D eigenvalue weighted by Gasteiger charge is -1.72. The average molecular weight is 356 g/mol. The molecule has 17 heteroatoms. The van der Waals surface area contributed by atoms with Crippen molar-refractivity contribution in [2.45, 2.75) is 0 Å². The van der Waals surface area contributed by atoms with Crippen LogP contribution in [0.5, 0.6) is 0 Å². The molecule has 0 saturated carbocycles. The highest BCUT2D eigenvalue weighted by Crippen LogP contribution is 1.39. The van der Waals surface area contributed by atoms with Gasteiger partial charge in [-0.25, -0.2) is 0 Å². The van der Waals surface area contributed by atoms with Crippen molar-refractivity contribution in [2.75, 3.05) is 0 Å².